The summed E-state index contributed by atoms with van der Waals surface area (Å²) < 4.78 is 4.64. The summed E-state index contributed by atoms with van der Waals surface area (Å²) in [7, 11) is 0. The third-order valence-electron chi connectivity index (χ3n) is 3.13. The highest BCUT2D eigenvalue weighted by molar-refractivity contribution is 6.31. The number of nitrogens with two attached hydrogens (primary N) is 1. The molecule has 0 fully saturated rings. The zero-order chi connectivity index (χ0) is 15.0. The highest BCUT2D eigenvalue weighted by Crippen LogP contribution is 2.25. The van der Waals surface area contributed by atoms with Gasteiger partial charge in [0.25, 0.3) is 0 Å². The Bertz CT molecular complexity index is 882. The number of nitrogens with zero attached hydrogens (tertiary/aromatic N) is 5. The molecule has 0 atom stereocenters. The van der Waals surface area contributed by atoms with Crippen LogP contribution in [0.1, 0.15) is 22.6 Å². The molecule has 3 rings (SSSR count). The standard InChI is InChI=1S/C13H9ClN6O/c1-6-8(11(16)12-13(17-6)20-21-19-12)4-7-2-3-9(14)10(5-15)18-7/h2-3H,4,16H2,1H3. The molecule has 0 aliphatic heterocycles. The van der Waals surface area contributed by atoms with Crippen molar-refractivity contribution in [3.8, 4) is 6.07 Å². The van der Waals surface area contributed by atoms with Crippen LogP contribution in [0.25, 0.3) is 11.2 Å². The van der Waals surface area contributed by atoms with Gasteiger partial charge >= 0.3 is 0 Å². The molecule has 0 saturated heterocycles. The van der Waals surface area contributed by atoms with Crippen LogP contribution >= 0.6 is 11.6 Å². The van der Waals surface area contributed by atoms with Gasteiger partial charge in [0.2, 0.25) is 5.65 Å². The van der Waals surface area contributed by atoms with Crippen LogP contribution in [0.2, 0.25) is 5.02 Å². The minimum atomic E-state index is 0.183. The summed E-state index contributed by atoms with van der Waals surface area (Å²) in [6.07, 6.45) is 0.416. The van der Waals surface area contributed by atoms with Crippen molar-refractivity contribution < 1.29 is 4.63 Å². The summed E-state index contributed by atoms with van der Waals surface area (Å²) in [6, 6.07) is 5.33. The molecular formula is C13H9ClN6O. The molecule has 3 heterocycles. The van der Waals surface area contributed by atoms with Crippen LogP contribution in [0.3, 0.4) is 0 Å². The molecule has 2 N–H and O–H groups in total. The Hall–Kier alpha value is -2.72. The lowest BCUT2D eigenvalue weighted by Gasteiger charge is -2.08. The van der Waals surface area contributed by atoms with Crippen LogP contribution in [0.15, 0.2) is 16.8 Å². The van der Waals surface area contributed by atoms with E-state index in [0.717, 1.165) is 5.56 Å². The summed E-state index contributed by atoms with van der Waals surface area (Å²) in [5, 5.41) is 16.7. The van der Waals surface area contributed by atoms with E-state index in [1.807, 2.05) is 13.0 Å². The van der Waals surface area contributed by atoms with Crippen LogP contribution in [-0.4, -0.2) is 20.3 Å². The second-order valence-electron chi connectivity index (χ2n) is 4.45. The molecule has 0 saturated carbocycles. The normalized spacial score (nSPS) is 10.7. The van der Waals surface area contributed by atoms with E-state index >= 15 is 0 Å². The van der Waals surface area contributed by atoms with Gasteiger partial charge in [-0.15, -0.1) is 0 Å². The highest BCUT2D eigenvalue weighted by atomic mass is 35.5. The molecule has 0 aromatic carbocycles. The minimum Gasteiger partial charge on any atom is -0.396 e. The number of nitriles is 1. The van der Waals surface area contributed by atoms with Gasteiger partial charge in [-0.05, 0) is 29.4 Å². The average Bonchev–Trinajstić information content (AvgIpc) is 2.93. The molecule has 0 unspecified atom stereocenters. The molecule has 0 amide bonds. The molecule has 8 heteroatoms. The van der Waals surface area contributed by atoms with Crippen LogP contribution in [0.4, 0.5) is 5.69 Å². The minimum absolute atomic E-state index is 0.183. The highest BCUT2D eigenvalue weighted by Gasteiger charge is 2.15. The van der Waals surface area contributed by atoms with E-state index in [4.69, 9.17) is 22.6 Å². The number of pyridine rings is 2. The second-order valence-corrected chi connectivity index (χ2v) is 4.85. The number of nitrogen functional groups attached to an aromatic ring is 1. The fraction of sp³-hybridized carbons (Fsp3) is 0.154. The van der Waals surface area contributed by atoms with Gasteiger partial charge in [0.1, 0.15) is 6.07 Å². The summed E-state index contributed by atoms with van der Waals surface area (Å²) in [6.45, 7) is 1.82. The number of hydrogen-bond acceptors (Lipinski definition) is 7. The average molecular weight is 301 g/mol. The Morgan fingerprint density at radius 3 is 2.90 bits per heavy atom. The predicted molar refractivity (Wildman–Crippen MR) is 75.5 cm³/mol. The van der Waals surface area contributed by atoms with E-state index in [9.17, 15) is 0 Å². The van der Waals surface area contributed by atoms with E-state index < -0.39 is 0 Å². The van der Waals surface area contributed by atoms with Crippen molar-refractivity contribution in [2.24, 2.45) is 0 Å². The number of aromatic nitrogens is 4. The van der Waals surface area contributed by atoms with Gasteiger partial charge in [0.15, 0.2) is 11.2 Å². The quantitative estimate of drug-likeness (QED) is 0.769. The van der Waals surface area contributed by atoms with Gasteiger partial charge in [0.05, 0.1) is 10.7 Å². The summed E-state index contributed by atoms with van der Waals surface area (Å²) in [5.41, 5.74) is 9.68. The maximum absolute atomic E-state index is 8.97. The topological polar surface area (TPSA) is 115 Å². The summed E-state index contributed by atoms with van der Waals surface area (Å²) in [4.78, 5) is 8.49. The van der Waals surface area contributed by atoms with E-state index in [-0.39, 0.29) is 5.69 Å². The molecule has 0 aliphatic carbocycles. The van der Waals surface area contributed by atoms with Crippen molar-refractivity contribution in [2.45, 2.75) is 13.3 Å². The predicted octanol–water partition coefficient (Wildman–Crippen LogP) is 2.02. The van der Waals surface area contributed by atoms with Crippen molar-refractivity contribution in [3.63, 3.8) is 0 Å². The third kappa shape index (κ3) is 2.26. The zero-order valence-electron chi connectivity index (χ0n) is 11.0. The van der Waals surface area contributed by atoms with E-state index in [2.05, 4.69) is 24.9 Å². The summed E-state index contributed by atoms with van der Waals surface area (Å²) >= 11 is 5.87. The zero-order valence-corrected chi connectivity index (χ0v) is 11.7. The van der Waals surface area contributed by atoms with Crippen LogP contribution in [0.5, 0.6) is 0 Å². The van der Waals surface area contributed by atoms with Gasteiger partial charge < -0.3 is 5.73 Å². The van der Waals surface area contributed by atoms with Crippen molar-refractivity contribution in [1.82, 2.24) is 20.3 Å². The first-order valence-electron chi connectivity index (χ1n) is 6.03. The molecule has 21 heavy (non-hydrogen) atoms. The number of halogens is 1. The smallest absolute Gasteiger partial charge is 0.226 e. The molecule has 0 aliphatic rings. The number of fused-ring (bicyclic) bond motifs is 1. The number of hydrogen-bond donors (Lipinski definition) is 1. The van der Waals surface area contributed by atoms with Crippen molar-refractivity contribution in [1.29, 1.82) is 5.26 Å². The Kier molecular flexibility index (Phi) is 3.16. The van der Waals surface area contributed by atoms with Crippen molar-refractivity contribution in [2.75, 3.05) is 5.73 Å². The maximum Gasteiger partial charge on any atom is 0.226 e. The van der Waals surface area contributed by atoms with Gasteiger partial charge in [-0.3, -0.25) is 0 Å². The molecule has 3 aromatic rings. The first-order valence-corrected chi connectivity index (χ1v) is 6.40. The Balaban J connectivity index is 2.08. The number of aryl methyl sites for hydroxylation is 1. The third-order valence-corrected chi connectivity index (χ3v) is 3.43. The molecule has 3 aromatic heterocycles. The lowest BCUT2D eigenvalue weighted by Crippen LogP contribution is -2.04. The Morgan fingerprint density at radius 1 is 1.33 bits per heavy atom. The lowest BCUT2D eigenvalue weighted by molar-refractivity contribution is 0.315. The molecule has 0 radical (unpaired) electrons. The van der Waals surface area contributed by atoms with Crippen LogP contribution in [-0.2, 0) is 6.42 Å². The molecule has 7 nitrogen and oxygen atoms in total. The number of anilines is 1. The van der Waals surface area contributed by atoms with Crippen molar-refractivity contribution in [3.05, 3.63) is 39.8 Å². The van der Waals surface area contributed by atoms with Gasteiger partial charge in [-0.1, -0.05) is 11.6 Å². The molecule has 0 bridgehead atoms. The monoisotopic (exact) mass is 300 g/mol. The fourth-order valence-electron chi connectivity index (χ4n) is 2.05. The van der Waals surface area contributed by atoms with E-state index in [0.29, 0.717) is 39.7 Å². The number of rotatable bonds is 2. The lowest BCUT2D eigenvalue weighted by atomic mass is 10.0. The summed E-state index contributed by atoms with van der Waals surface area (Å²) in [5.74, 6) is 0. The molecular weight excluding hydrogens is 292 g/mol. The largest absolute Gasteiger partial charge is 0.396 e. The van der Waals surface area contributed by atoms with Crippen LogP contribution in [0, 0.1) is 18.3 Å². The maximum atomic E-state index is 8.97. The van der Waals surface area contributed by atoms with E-state index in [1.165, 1.54) is 0 Å². The first-order chi connectivity index (χ1) is 10.1. The van der Waals surface area contributed by atoms with Gasteiger partial charge in [0, 0.05) is 23.4 Å². The van der Waals surface area contributed by atoms with Gasteiger partial charge in [-0.2, -0.15) is 5.26 Å². The fourth-order valence-corrected chi connectivity index (χ4v) is 2.20. The second kappa shape index (κ2) is 5.00. The van der Waals surface area contributed by atoms with Crippen LogP contribution < -0.4 is 5.73 Å². The van der Waals surface area contributed by atoms with E-state index in [1.54, 1.807) is 12.1 Å². The first kappa shape index (κ1) is 13.3. The van der Waals surface area contributed by atoms with Gasteiger partial charge in [-0.25, -0.2) is 14.6 Å². The van der Waals surface area contributed by atoms with Crippen molar-refractivity contribution >= 4 is 28.5 Å². The molecule has 0 spiro atoms. The molecule has 104 valence electrons. The Labute approximate surface area is 124 Å². The SMILES string of the molecule is Cc1nc2nonc2c(N)c1Cc1ccc(Cl)c(C#N)n1. The Morgan fingerprint density at radius 2 is 2.14 bits per heavy atom.